The van der Waals surface area contributed by atoms with Gasteiger partial charge in [-0.3, -0.25) is 4.21 Å². The van der Waals surface area contributed by atoms with Crippen LogP contribution < -0.4 is 10.6 Å². The fourth-order valence-corrected chi connectivity index (χ4v) is 2.62. The molecule has 5 nitrogen and oxygen atoms in total. The third kappa shape index (κ3) is 3.91. The summed E-state index contributed by atoms with van der Waals surface area (Å²) in [6.07, 6.45) is 2.38. The number of anilines is 2. The molecule has 112 valence electrons. The second kappa shape index (κ2) is 7.02. The van der Waals surface area contributed by atoms with Crippen molar-refractivity contribution in [2.24, 2.45) is 0 Å². The van der Waals surface area contributed by atoms with Crippen LogP contribution in [0.1, 0.15) is 44.0 Å². The standard InChI is InChI=1S/C14H24N4OS/c1-4-15-12-10(3)13(16-8-9-20(19)5-2)18-14(17-12)11-6-7-11/h11H,4-9H2,1-3H3,(H2,15,16,17,18). The third-order valence-corrected chi connectivity index (χ3v) is 4.70. The molecule has 0 amide bonds. The first kappa shape index (κ1) is 15.2. The highest BCUT2D eigenvalue weighted by molar-refractivity contribution is 7.84. The summed E-state index contributed by atoms with van der Waals surface area (Å²) in [5.74, 6) is 4.63. The van der Waals surface area contributed by atoms with Crippen molar-refractivity contribution in [1.82, 2.24) is 9.97 Å². The van der Waals surface area contributed by atoms with E-state index in [0.717, 1.165) is 29.6 Å². The molecule has 1 unspecified atom stereocenters. The molecule has 0 aliphatic heterocycles. The molecule has 1 aliphatic rings. The van der Waals surface area contributed by atoms with Gasteiger partial charge in [0.15, 0.2) is 0 Å². The number of aromatic nitrogens is 2. The smallest absolute Gasteiger partial charge is 0.136 e. The summed E-state index contributed by atoms with van der Waals surface area (Å²) in [6.45, 7) is 7.57. The summed E-state index contributed by atoms with van der Waals surface area (Å²) in [5, 5.41) is 6.61. The first-order valence-electron chi connectivity index (χ1n) is 7.36. The van der Waals surface area contributed by atoms with E-state index in [1.165, 1.54) is 12.8 Å². The van der Waals surface area contributed by atoms with E-state index in [0.29, 0.717) is 24.0 Å². The van der Waals surface area contributed by atoms with Gasteiger partial charge in [0, 0.05) is 46.9 Å². The van der Waals surface area contributed by atoms with Crippen LogP contribution in [0.4, 0.5) is 11.6 Å². The molecular formula is C14H24N4OS. The van der Waals surface area contributed by atoms with Crippen molar-refractivity contribution < 1.29 is 4.21 Å². The zero-order valence-corrected chi connectivity index (χ0v) is 13.3. The zero-order chi connectivity index (χ0) is 14.5. The van der Waals surface area contributed by atoms with Crippen molar-refractivity contribution in [2.45, 2.75) is 39.5 Å². The number of hydrogen-bond donors (Lipinski definition) is 2. The van der Waals surface area contributed by atoms with E-state index in [2.05, 4.69) is 27.5 Å². The highest BCUT2D eigenvalue weighted by atomic mass is 32.2. The molecule has 1 aliphatic carbocycles. The summed E-state index contributed by atoms with van der Waals surface area (Å²) in [5.41, 5.74) is 1.04. The SMILES string of the molecule is CCNc1nc(C2CC2)nc(NCCS(=O)CC)c1C. The second-order valence-corrected chi connectivity index (χ2v) is 6.93. The largest absolute Gasteiger partial charge is 0.370 e. The van der Waals surface area contributed by atoms with E-state index in [-0.39, 0.29) is 0 Å². The maximum absolute atomic E-state index is 11.5. The van der Waals surface area contributed by atoms with Gasteiger partial charge >= 0.3 is 0 Å². The van der Waals surface area contributed by atoms with Gasteiger partial charge in [-0.15, -0.1) is 0 Å². The van der Waals surface area contributed by atoms with Crippen molar-refractivity contribution >= 4 is 22.4 Å². The maximum atomic E-state index is 11.5. The zero-order valence-electron chi connectivity index (χ0n) is 12.5. The van der Waals surface area contributed by atoms with Crippen LogP contribution in [0, 0.1) is 6.92 Å². The van der Waals surface area contributed by atoms with Gasteiger partial charge in [-0.25, -0.2) is 9.97 Å². The lowest BCUT2D eigenvalue weighted by Crippen LogP contribution is -2.16. The second-order valence-electron chi connectivity index (χ2n) is 5.07. The Morgan fingerprint density at radius 3 is 2.40 bits per heavy atom. The Kier molecular flexibility index (Phi) is 5.34. The van der Waals surface area contributed by atoms with Crippen LogP contribution in [0.15, 0.2) is 0 Å². The lowest BCUT2D eigenvalue weighted by Gasteiger charge is -2.14. The summed E-state index contributed by atoms with van der Waals surface area (Å²) < 4.78 is 11.5. The quantitative estimate of drug-likeness (QED) is 0.770. The summed E-state index contributed by atoms with van der Waals surface area (Å²) in [7, 11) is -0.739. The summed E-state index contributed by atoms with van der Waals surface area (Å²) in [4.78, 5) is 9.26. The average molecular weight is 296 g/mol. The fraction of sp³-hybridized carbons (Fsp3) is 0.714. The molecule has 2 rings (SSSR count). The van der Waals surface area contributed by atoms with Crippen molar-refractivity contribution in [2.75, 3.05) is 35.2 Å². The summed E-state index contributed by atoms with van der Waals surface area (Å²) in [6, 6.07) is 0. The Morgan fingerprint density at radius 1 is 1.20 bits per heavy atom. The van der Waals surface area contributed by atoms with E-state index >= 15 is 0 Å². The molecule has 0 radical (unpaired) electrons. The van der Waals surface area contributed by atoms with Gasteiger partial charge in [-0.1, -0.05) is 6.92 Å². The minimum absolute atomic E-state index is 0.526. The topological polar surface area (TPSA) is 66.9 Å². The van der Waals surface area contributed by atoms with E-state index in [1.807, 2.05) is 13.8 Å². The first-order valence-corrected chi connectivity index (χ1v) is 8.85. The molecule has 0 aromatic carbocycles. The average Bonchev–Trinajstić information content (AvgIpc) is 3.27. The highest BCUT2D eigenvalue weighted by Crippen LogP contribution is 2.39. The number of nitrogens with zero attached hydrogens (tertiary/aromatic N) is 2. The van der Waals surface area contributed by atoms with Crippen LogP contribution in [0.2, 0.25) is 0 Å². The predicted octanol–water partition coefficient (Wildman–Crippen LogP) is 2.27. The Bertz CT molecular complexity index is 488. The molecule has 1 fully saturated rings. The van der Waals surface area contributed by atoms with E-state index in [4.69, 9.17) is 0 Å². The Hall–Kier alpha value is -1.17. The normalized spacial score (nSPS) is 15.9. The van der Waals surface area contributed by atoms with Gasteiger partial charge < -0.3 is 10.6 Å². The molecular weight excluding hydrogens is 272 g/mol. The number of nitrogens with one attached hydrogen (secondary N) is 2. The monoisotopic (exact) mass is 296 g/mol. The van der Waals surface area contributed by atoms with Crippen LogP contribution in [0.5, 0.6) is 0 Å². The van der Waals surface area contributed by atoms with Crippen LogP contribution in [0.3, 0.4) is 0 Å². The molecule has 1 aromatic heterocycles. The minimum Gasteiger partial charge on any atom is -0.370 e. The lowest BCUT2D eigenvalue weighted by molar-refractivity contribution is 0.684. The van der Waals surface area contributed by atoms with Gasteiger partial charge in [0.05, 0.1) is 0 Å². The molecule has 0 spiro atoms. The molecule has 0 bridgehead atoms. The Morgan fingerprint density at radius 2 is 1.85 bits per heavy atom. The molecule has 1 heterocycles. The van der Waals surface area contributed by atoms with E-state index in [9.17, 15) is 4.21 Å². The molecule has 6 heteroatoms. The van der Waals surface area contributed by atoms with Gasteiger partial charge in [0.1, 0.15) is 17.5 Å². The van der Waals surface area contributed by atoms with Crippen LogP contribution >= 0.6 is 0 Å². The van der Waals surface area contributed by atoms with Crippen molar-refractivity contribution in [1.29, 1.82) is 0 Å². The van der Waals surface area contributed by atoms with Crippen LogP contribution in [0.25, 0.3) is 0 Å². The lowest BCUT2D eigenvalue weighted by atomic mass is 10.2. The molecule has 1 saturated carbocycles. The molecule has 1 atom stereocenters. The molecule has 2 N–H and O–H groups in total. The molecule has 0 saturated heterocycles. The molecule has 20 heavy (non-hydrogen) atoms. The Balaban J connectivity index is 2.10. The minimum atomic E-state index is -0.739. The number of hydrogen-bond acceptors (Lipinski definition) is 5. The van der Waals surface area contributed by atoms with Crippen LogP contribution in [-0.2, 0) is 10.8 Å². The van der Waals surface area contributed by atoms with Gasteiger partial charge in [-0.05, 0) is 26.7 Å². The highest BCUT2D eigenvalue weighted by Gasteiger charge is 2.28. The molecule has 1 aromatic rings. The third-order valence-electron chi connectivity index (χ3n) is 3.39. The van der Waals surface area contributed by atoms with Gasteiger partial charge in [0.25, 0.3) is 0 Å². The van der Waals surface area contributed by atoms with Gasteiger partial charge in [-0.2, -0.15) is 0 Å². The van der Waals surface area contributed by atoms with Crippen LogP contribution in [-0.4, -0.2) is 38.8 Å². The Labute approximate surface area is 123 Å². The fourth-order valence-electron chi connectivity index (χ4n) is 2.00. The maximum Gasteiger partial charge on any atom is 0.136 e. The first-order chi connectivity index (χ1) is 9.65. The number of rotatable bonds is 8. The van der Waals surface area contributed by atoms with Crippen molar-refractivity contribution in [3.63, 3.8) is 0 Å². The summed E-state index contributed by atoms with van der Waals surface area (Å²) >= 11 is 0. The van der Waals surface area contributed by atoms with E-state index < -0.39 is 10.8 Å². The predicted molar refractivity (Wildman–Crippen MR) is 84.9 cm³/mol. The van der Waals surface area contributed by atoms with E-state index in [1.54, 1.807) is 0 Å². The van der Waals surface area contributed by atoms with Crippen molar-refractivity contribution in [3.05, 3.63) is 11.4 Å². The van der Waals surface area contributed by atoms with Gasteiger partial charge in [0.2, 0.25) is 0 Å². The van der Waals surface area contributed by atoms with Crippen molar-refractivity contribution in [3.8, 4) is 0 Å².